The Morgan fingerprint density at radius 2 is 1.00 bits per heavy atom. The van der Waals surface area contributed by atoms with Crippen molar-refractivity contribution in [1.82, 2.24) is 18.1 Å². The van der Waals surface area contributed by atoms with E-state index in [1.807, 2.05) is 86.8 Å². The smallest absolute Gasteiger partial charge is 0.541 e. The minimum Gasteiger partial charge on any atom is -0.541 e. The zero-order valence-corrected chi connectivity index (χ0v) is 21.4. The molecule has 0 fully saturated rings. The molecule has 0 unspecified atom stereocenters. The van der Waals surface area contributed by atoms with Crippen LogP contribution in [0.5, 0.6) is 0 Å². The second kappa shape index (κ2) is 9.66. The molecule has 28 heavy (non-hydrogen) atoms. The quantitative estimate of drug-likeness (QED) is 0.249. The van der Waals surface area contributed by atoms with Gasteiger partial charge in [-0.2, -0.15) is 0 Å². The van der Waals surface area contributed by atoms with Crippen molar-refractivity contribution in [2.45, 2.75) is 13.1 Å². The molecule has 2 aromatic heterocycles. The number of benzene rings is 2. The molecular weight excluding hydrogens is 576 g/mol. The zero-order chi connectivity index (χ0) is 18.6. The van der Waals surface area contributed by atoms with Gasteiger partial charge in [0.05, 0.1) is 0 Å². The van der Waals surface area contributed by atoms with Crippen LogP contribution in [-0.2, 0) is 13.1 Å². The van der Waals surface area contributed by atoms with Crippen molar-refractivity contribution in [3.05, 3.63) is 106 Å². The van der Waals surface area contributed by atoms with Gasteiger partial charge in [0.2, 0.25) is 0 Å². The van der Waals surface area contributed by atoms with E-state index in [9.17, 15) is 0 Å². The number of imidazole rings is 2. The number of aromatic nitrogens is 4. The number of rotatable bonds is 6. The second-order valence-electron chi connectivity index (χ2n) is 6.32. The molecular formula is C20H18BN4S2Tl. The first kappa shape index (κ1) is 21.0. The molecule has 8 heteroatoms. The third kappa shape index (κ3) is 4.82. The van der Waals surface area contributed by atoms with E-state index < -0.39 is 0 Å². The molecule has 0 spiro atoms. The van der Waals surface area contributed by atoms with Crippen LogP contribution >= 0.6 is 24.4 Å². The summed E-state index contributed by atoms with van der Waals surface area (Å²) >= 11 is 11.2. The SMILES string of the molecule is S=c1n([B-]n2ccn(Cc3ccccc3)c2=S)ccn1Cc1ccccc1.[Tl+]. The summed E-state index contributed by atoms with van der Waals surface area (Å²) in [4.78, 5) is 0. The molecule has 0 amide bonds. The van der Waals surface area contributed by atoms with Gasteiger partial charge in [0.15, 0.2) is 0 Å². The van der Waals surface area contributed by atoms with Gasteiger partial charge in [-0.1, -0.05) is 68.2 Å². The molecule has 0 aliphatic heterocycles. The maximum Gasteiger partial charge on any atom is 1.00 e. The van der Waals surface area contributed by atoms with Crippen molar-refractivity contribution in [2.75, 3.05) is 0 Å². The zero-order valence-electron chi connectivity index (χ0n) is 15.3. The van der Waals surface area contributed by atoms with Crippen molar-refractivity contribution in [2.24, 2.45) is 0 Å². The first-order valence-corrected chi connectivity index (χ1v) is 9.50. The van der Waals surface area contributed by atoms with Crippen LogP contribution in [0, 0.1) is 9.54 Å². The van der Waals surface area contributed by atoms with Crippen molar-refractivity contribution in [1.29, 1.82) is 0 Å². The van der Waals surface area contributed by atoms with Crippen LogP contribution in [0.1, 0.15) is 11.1 Å². The fourth-order valence-electron chi connectivity index (χ4n) is 2.97. The minimum absolute atomic E-state index is 0. The summed E-state index contributed by atoms with van der Waals surface area (Å²) in [5, 5.41) is 0. The molecule has 0 bridgehead atoms. The fraction of sp³-hybridized carbons (Fsp3) is 0.100. The van der Waals surface area contributed by atoms with Crippen LogP contribution in [0.4, 0.5) is 0 Å². The van der Waals surface area contributed by atoms with Gasteiger partial charge in [0, 0.05) is 25.5 Å². The molecule has 0 N–H and O–H groups in total. The first-order chi connectivity index (χ1) is 13.2. The van der Waals surface area contributed by atoms with Crippen molar-refractivity contribution in [3.8, 4) is 0 Å². The van der Waals surface area contributed by atoms with Crippen LogP contribution in [0.15, 0.2) is 85.5 Å². The molecule has 0 saturated carbocycles. The maximum absolute atomic E-state index is 5.62. The van der Waals surface area contributed by atoms with Gasteiger partial charge in [-0.25, -0.2) is 0 Å². The largest absolute Gasteiger partial charge is 1.00 e. The summed E-state index contributed by atoms with van der Waals surface area (Å²) < 4.78 is 9.40. The summed E-state index contributed by atoms with van der Waals surface area (Å²) in [5.74, 6) is 0. The van der Waals surface area contributed by atoms with E-state index in [0.29, 0.717) is 0 Å². The predicted molar refractivity (Wildman–Crippen MR) is 120 cm³/mol. The van der Waals surface area contributed by atoms with Crippen molar-refractivity contribution >= 4 is 59.3 Å². The Labute approximate surface area is 195 Å². The van der Waals surface area contributed by atoms with E-state index in [-0.39, 0.29) is 27.3 Å². The van der Waals surface area contributed by atoms with Crippen LogP contribution in [-0.4, -0.2) is 52.9 Å². The molecule has 2 heterocycles. The van der Waals surface area contributed by atoms with Gasteiger partial charge in [0.25, 0.3) is 0 Å². The molecule has 136 valence electrons. The third-order valence-corrected chi connectivity index (χ3v) is 5.28. The molecule has 4 nitrogen and oxygen atoms in total. The summed E-state index contributed by atoms with van der Waals surface area (Å²) in [5.41, 5.74) is 2.44. The molecule has 4 aromatic rings. The van der Waals surface area contributed by atoms with Gasteiger partial charge >= 0.3 is 27.3 Å². The Morgan fingerprint density at radius 3 is 1.39 bits per heavy atom. The Kier molecular flexibility index (Phi) is 7.25. The molecule has 4 rings (SSSR count). The van der Waals surface area contributed by atoms with Crippen LogP contribution in [0.3, 0.4) is 0 Å². The number of hydrogen-bond donors (Lipinski definition) is 0. The number of nitrogens with zero attached hydrogens (tertiary/aromatic N) is 4. The fourth-order valence-corrected chi connectivity index (χ4v) is 3.43. The van der Waals surface area contributed by atoms with E-state index in [4.69, 9.17) is 24.4 Å². The van der Waals surface area contributed by atoms with Crippen LogP contribution in [0.25, 0.3) is 0 Å². The summed E-state index contributed by atoms with van der Waals surface area (Å²) in [6, 6.07) is 20.6. The van der Waals surface area contributed by atoms with E-state index in [1.165, 1.54) is 11.1 Å². The Morgan fingerprint density at radius 1 is 0.607 bits per heavy atom. The average molecular weight is 594 g/mol. The maximum atomic E-state index is 5.62. The predicted octanol–water partition coefficient (Wildman–Crippen LogP) is 4.00. The normalized spacial score (nSPS) is 10.6. The van der Waals surface area contributed by atoms with E-state index in [2.05, 4.69) is 24.3 Å². The van der Waals surface area contributed by atoms with Gasteiger partial charge in [-0.15, -0.1) is 0 Å². The molecule has 0 aliphatic rings. The monoisotopic (exact) mass is 594 g/mol. The average Bonchev–Trinajstić information content (AvgIpc) is 3.21. The van der Waals surface area contributed by atoms with E-state index in [1.54, 1.807) is 0 Å². The van der Waals surface area contributed by atoms with Gasteiger partial charge in [-0.05, 0) is 48.0 Å². The number of hydrogen-bond acceptors (Lipinski definition) is 2. The Hall–Kier alpha value is -1.71. The topological polar surface area (TPSA) is 19.7 Å². The van der Waals surface area contributed by atoms with Crippen LogP contribution in [0.2, 0.25) is 0 Å². The van der Waals surface area contributed by atoms with Gasteiger partial charge in [0.1, 0.15) is 9.54 Å². The van der Waals surface area contributed by atoms with Gasteiger partial charge in [-0.3, -0.25) is 0 Å². The van der Waals surface area contributed by atoms with E-state index in [0.717, 1.165) is 22.6 Å². The molecule has 2 radical (unpaired) electrons. The molecule has 0 saturated heterocycles. The Bertz CT molecular complexity index is 1050. The van der Waals surface area contributed by atoms with Crippen molar-refractivity contribution < 1.29 is 0 Å². The van der Waals surface area contributed by atoms with Crippen LogP contribution < -0.4 is 0 Å². The Balaban J connectivity index is 0.00000225. The summed E-state index contributed by atoms with van der Waals surface area (Å²) in [6.45, 7) is 1.50. The van der Waals surface area contributed by atoms with Gasteiger partial charge < -0.3 is 18.1 Å². The summed E-state index contributed by atoms with van der Waals surface area (Å²) in [6.07, 6.45) is 7.91. The minimum atomic E-state index is 0. The molecule has 2 aromatic carbocycles. The third-order valence-electron chi connectivity index (χ3n) is 4.39. The van der Waals surface area contributed by atoms with Crippen molar-refractivity contribution in [3.63, 3.8) is 0 Å². The van der Waals surface area contributed by atoms with E-state index >= 15 is 0 Å². The summed E-state index contributed by atoms with van der Waals surface area (Å²) in [7, 11) is 1.92. The standard InChI is InChI=1S/C20H18BN4S2.Tl/c26-19-22(15-17-7-3-1-4-8-17)11-13-24(19)21-25-14-12-23(20(25)27)16-18-9-5-2-6-10-18;/h1-14H,15-16H2;/q-1;+1. The first-order valence-electron chi connectivity index (χ1n) is 8.68. The molecule has 0 atom stereocenters. The second-order valence-corrected chi connectivity index (χ2v) is 7.05. The molecule has 0 aliphatic carbocycles.